The second-order valence-corrected chi connectivity index (χ2v) is 7.30. The van der Waals surface area contributed by atoms with Gasteiger partial charge >= 0.3 is 6.18 Å². The molecular formula is C20H18F3N7O. The van der Waals surface area contributed by atoms with Crippen molar-refractivity contribution in [1.29, 1.82) is 5.26 Å². The zero-order valence-electron chi connectivity index (χ0n) is 16.3. The van der Waals surface area contributed by atoms with Crippen molar-refractivity contribution in [2.75, 3.05) is 18.4 Å². The molecule has 0 spiro atoms. The highest BCUT2D eigenvalue weighted by Crippen LogP contribution is 2.25. The van der Waals surface area contributed by atoms with Gasteiger partial charge in [0.05, 0.1) is 28.9 Å². The second-order valence-electron chi connectivity index (χ2n) is 7.30. The molecule has 3 aromatic rings. The first-order chi connectivity index (χ1) is 14.8. The van der Waals surface area contributed by atoms with Crippen molar-refractivity contribution in [3.05, 3.63) is 42.4 Å². The minimum absolute atomic E-state index is 0.177. The topological polar surface area (TPSA) is 99.2 Å². The van der Waals surface area contributed by atoms with E-state index in [1.165, 1.54) is 4.90 Å². The van der Waals surface area contributed by atoms with Gasteiger partial charge in [0.25, 0.3) is 0 Å². The number of fused-ring (bicyclic) bond motifs is 1. The third-order valence-corrected chi connectivity index (χ3v) is 5.02. The molecule has 3 aromatic heterocycles. The van der Waals surface area contributed by atoms with Gasteiger partial charge in [-0.2, -0.15) is 23.5 Å². The summed E-state index contributed by atoms with van der Waals surface area (Å²) in [6, 6.07) is 6.86. The summed E-state index contributed by atoms with van der Waals surface area (Å²) >= 11 is 0. The van der Waals surface area contributed by atoms with E-state index in [-0.39, 0.29) is 12.6 Å². The van der Waals surface area contributed by atoms with Gasteiger partial charge in [-0.25, -0.2) is 14.5 Å². The van der Waals surface area contributed by atoms with Crippen LogP contribution in [0.25, 0.3) is 16.9 Å². The molecular weight excluding hydrogens is 411 g/mol. The van der Waals surface area contributed by atoms with Crippen molar-refractivity contribution in [2.24, 2.45) is 0 Å². The number of carbonyl (C=O) groups excluding carboxylic acids is 1. The number of likely N-dealkylation sites (tertiary alicyclic amines) is 1. The Kier molecular flexibility index (Phi) is 5.46. The maximum Gasteiger partial charge on any atom is 0.397 e. The van der Waals surface area contributed by atoms with Crippen LogP contribution in [0.3, 0.4) is 0 Å². The molecule has 31 heavy (non-hydrogen) atoms. The lowest BCUT2D eigenvalue weighted by Crippen LogP contribution is -2.46. The zero-order chi connectivity index (χ0) is 22.0. The SMILES string of the molecule is N#Cc1ccn2ncc(-c3nccc(NC4CCCN(C(=O)CC(F)(F)F)C4)n3)c2c1. The number of nitriles is 1. The minimum atomic E-state index is -4.52. The van der Waals surface area contributed by atoms with Crippen LogP contribution < -0.4 is 5.32 Å². The largest absolute Gasteiger partial charge is 0.397 e. The van der Waals surface area contributed by atoms with E-state index in [1.807, 2.05) is 0 Å². The monoisotopic (exact) mass is 429 g/mol. The molecule has 0 aliphatic carbocycles. The smallest absolute Gasteiger partial charge is 0.365 e. The van der Waals surface area contributed by atoms with Gasteiger partial charge in [0.2, 0.25) is 5.91 Å². The third-order valence-electron chi connectivity index (χ3n) is 5.02. The second kappa shape index (κ2) is 8.22. The molecule has 1 amide bonds. The zero-order valence-corrected chi connectivity index (χ0v) is 16.3. The van der Waals surface area contributed by atoms with E-state index in [2.05, 4.69) is 26.5 Å². The van der Waals surface area contributed by atoms with E-state index in [0.717, 1.165) is 0 Å². The highest BCUT2D eigenvalue weighted by atomic mass is 19.4. The molecule has 1 saturated heterocycles. The molecule has 0 aromatic carbocycles. The van der Waals surface area contributed by atoms with Crippen LogP contribution in [0.2, 0.25) is 0 Å². The Labute approximate surface area is 175 Å². The number of pyridine rings is 1. The van der Waals surface area contributed by atoms with Gasteiger partial charge in [0.15, 0.2) is 5.82 Å². The highest BCUT2D eigenvalue weighted by Gasteiger charge is 2.35. The first-order valence-corrected chi connectivity index (χ1v) is 9.64. The molecule has 1 aliphatic heterocycles. The fourth-order valence-electron chi connectivity index (χ4n) is 3.61. The molecule has 8 nitrogen and oxygen atoms in total. The lowest BCUT2D eigenvalue weighted by Gasteiger charge is -2.33. The summed E-state index contributed by atoms with van der Waals surface area (Å²) in [5.41, 5.74) is 1.80. The molecule has 1 fully saturated rings. The summed E-state index contributed by atoms with van der Waals surface area (Å²) in [4.78, 5) is 21.9. The number of alkyl halides is 3. The van der Waals surface area contributed by atoms with Crippen molar-refractivity contribution in [3.8, 4) is 17.5 Å². The number of rotatable bonds is 4. The van der Waals surface area contributed by atoms with Crippen LogP contribution in [0, 0.1) is 11.3 Å². The molecule has 4 rings (SSSR count). The van der Waals surface area contributed by atoms with Gasteiger partial charge in [0.1, 0.15) is 12.2 Å². The molecule has 4 heterocycles. The Morgan fingerprint density at radius 3 is 2.97 bits per heavy atom. The normalized spacial score (nSPS) is 16.8. The Morgan fingerprint density at radius 1 is 1.35 bits per heavy atom. The third kappa shape index (κ3) is 4.74. The maximum atomic E-state index is 12.5. The fraction of sp³-hybridized carbons (Fsp3) is 0.350. The molecule has 1 atom stereocenters. The summed E-state index contributed by atoms with van der Waals surface area (Å²) in [6.45, 7) is 0.488. The highest BCUT2D eigenvalue weighted by molar-refractivity contribution is 5.77. The van der Waals surface area contributed by atoms with Gasteiger partial charge < -0.3 is 10.2 Å². The number of halogens is 3. The average Bonchev–Trinajstić information content (AvgIpc) is 3.16. The van der Waals surface area contributed by atoms with Gasteiger partial charge in [0, 0.05) is 31.5 Å². The number of nitrogens with zero attached hydrogens (tertiary/aromatic N) is 6. The van der Waals surface area contributed by atoms with Crippen LogP contribution in [0.4, 0.5) is 19.0 Å². The van der Waals surface area contributed by atoms with Crippen LogP contribution in [0.5, 0.6) is 0 Å². The predicted octanol–water partition coefficient (Wildman–Crippen LogP) is 3.02. The fourth-order valence-corrected chi connectivity index (χ4v) is 3.61. The van der Waals surface area contributed by atoms with E-state index < -0.39 is 18.5 Å². The molecule has 0 radical (unpaired) electrons. The molecule has 1 aliphatic rings. The molecule has 0 saturated carbocycles. The number of hydrogen-bond donors (Lipinski definition) is 1. The van der Waals surface area contributed by atoms with Crippen molar-refractivity contribution < 1.29 is 18.0 Å². The summed E-state index contributed by atoms with van der Waals surface area (Å²) in [7, 11) is 0. The first-order valence-electron chi connectivity index (χ1n) is 9.64. The van der Waals surface area contributed by atoms with Crippen molar-refractivity contribution in [2.45, 2.75) is 31.5 Å². The minimum Gasteiger partial charge on any atom is -0.365 e. The van der Waals surface area contributed by atoms with Gasteiger partial charge in [-0.05, 0) is 31.0 Å². The molecule has 160 valence electrons. The van der Waals surface area contributed by atoms with E-state index in [1.54, 1.807) is 41.3 Å². The summed E-state index contributed by atoms with van der Waals surface area (Å²) in [6.07, 6.45) is 0.191. The van der Waals surface area contributed by atoms with Gasteiger partial charge in [-0.1, -0.05) is 0 Å². The van der Waals surface area contributed by atoms with Crippen LogP contribution >= 0.6 is 0 Å². The number of aromatic nitrogens is 4. The van der Waals surface area contributed by atoms with Crippen LogP contribution in [-0.2, 0) is 4.79 Å². The number of hydrogen-bond acceptors (Lipinski definition) is 6. The van der Waals surface area contributed by atoms with E-state index in [9.17, 15) is 18.0 Å². The van der Waals surface area contributed by atoms with E-state index in [0.29, 0.717) is 47.7 Å². The standard InChI is InChI=1S/C20H18F3N7O/c21-20(22,23)9-18(31)29-6-1-2-14(12-29)27-17-3-5-25-19(28-17)15-11-26-30-7-4-13(10-24)8-16(15)30/h3-5,7-8,11,14H,1-2,6,9,12H2,(H,25,27,28). The number of nitrogens with one attached hydrogen (secondary N) is 1. The van der Waals surface area contributed by atoms with Crippen LogP contribution in [-0.4, -0.2) is 55.7 Å². The van der Waals surface area contributed by atoms with E-state index in [4.69, 9.17) is 5.26 Å². The Hall–Kier alpha value is -3.68. The van der Waals surface area contributed by atoms with Gasteiger partial charge in [-0.15, -0.1) is 0 Å². The predicted molar refractivity (Wildman–Crippen MR) is 105 cm³/mol. The van der Waals surface area contributed by atoms with Crippen molar-refractivity contribution in [3.63, 3.8) is 0 Å². The van der Waals surface area contributed by atoms with Crippen molar-refractivity contribution >= 4 is 17.2 Å². The Bertz CT molecular complexity index is 1150. The summed E-state index contributed by atoms with van der Waals surface area (Å²) in [5.74, 6) is -0.0196. The molecule has 0 bridgehead atoms. The van der Waals surface area contributed by atoms with E-state index >= 15 is 0 Å². The quantitative estimate of drug-likeness (QED) is 0.685. The Balaban J connectivity index is 1.51. The Morgan fingerprint density at radius 2 is 2.19 bits per heavy atom. The molecule has 1 unspecified atom stereocenters. The maximum absolute atomic E-state index is 12.5. The molecule has 1 N–H and O–H groups in total. The lowest BCUT2D eigenvalue weighted by molar-refractivity contribution is -0.162. The van der Waals surface area contributed by atoms with Crippen LogP contribution in [0.15, 0.2) is 36.8 Å². The molecule has 11 heteroatoms. The average molecular weight is 429 g/mol. The van der Waals surface area contributed by atoms with Crippen LogP contribution in [0.1, 0.15) is 24.8 Å². The first kappa shape index (κ1) is 20.6. The number of amides is 1. The summed E-state index contributed by atoms with van der Waals surface area (Å²) < 4.78 is 39.2. The number of anilines is 1. The number of carbonyl (C=O) groups is 1. The lowest BCUT2D eigenvalue weighted by atomic mass is 10.1. The summed E-state index contributed by atoms with van der Waals surface area (Å²) in [5, 5.41) is 16.6. The van der Waals surface area contributed by atoms with Gasteiger partial charge in [-0.3, -0.25) is 4.79 Å². The number of piperidine rings is 1. The van der Waals surface area contributed by atoms with Crippen molar-refractivity contribution in [1.82, 2.24) is 24.5 Å².